The molecule has 0 fully saturated rings. The van der Waals surface area contributed by atoms with Crippen molar-refractivity contribution in [3.8, 4) is 0 Å². The van der Waals surface area contributed by atoms with Gasteiger partial charge in [0.05, 0.1) is 11.0 Å². The number of nitrogens with zero attached hydrogens (tertiary/aromatic N) is 2. The maximum atomic E-state index is 13.5. The average molecular weight is 281 g/mol. The van der Waals surface area contributed by atoms with Crippen LogP contribution in [-0.2, 0) is 4.79 Å². The third-order valence-electron chi connectivity index (χ3n) is 3.18. The number of halogens is 1. The number of aromatic nitrogens is 2. The molecule has 0 bridgehead atoms. The molecule has 1 unspecified atom stereocenters. The lowest BCUT2D eigenvalue weighted by atomic mass is 10.2. The maximum Gasteiger partial charge on any atom is 0.244 e. The van der Waals surface area contributed by atoms with Crippen LogP contribution in [0.1, 0.15) is 18.5 Å². The quantitative estimate of drug-likeness (QED) is 0.860. The lowest BCUT2D eigenvalue weighted by Gasteiger charge is -2.18. The minimum Gasteiger partial charge on any atom is -0.347 e. The van der Waals surface area contributed by atoms with Gasteiger partial charge >= 0.3 is 0 Å². The molecule has 0 spiro atoms. The number of likely N-dealkylation sites (N-methyl/N-ethyl adjacent to an activating group) is 1. The van der Waals surface area contributed by atoms with E-state index in [4.69, 9.17) is 12.2 Å². The Labute approximate surface area is 115 Å². The lowest BCUT2D eigenvalue weighted by molar-refractivity contribution is -0.131. The predicted octanol–water partition coefficient (Wildman–Crippen LogP) is 2.80. The minimum atomic E-state index is -0.430. The number of carbonyl (C=O) groups is 1. The van der Waals surface area contributed by atoms with Gasteiger partial charge in [0, 0.05) is 14.1 Å². The number of fused-ring (bicyclic) bond motifs is 1. The van der Waals surface area contributed by atoms with Crippen LogP contribution in [0.3, 0.4) is 0 Å². The van der Waals surface area contributed by atoms with Crippen LogP contribution in [-0.4, -0.2) is 34.5 Å². The number of nitrogens with one attached hydrogen (secondary N) is 1. The van der Waals surface area contributed by atoms with Crippen molar-refractivity contribution in [1.29, 1.82) is 0 Å². The van der Waals surface area contributed by atoms with Crippen LogP contribution in [0.15, 0.2) is 12.1 Å². The van der Waals surface area contributed by atoms with Crippen molar-refractivity contribution < 1.29 is 9.18 Å². The highest BCUT2D eigenvalue weighted by Gasteiger charge is 2.20. The normalized spacial score (nSPS) is 12.7. The van der Waals surface area contributed by atoms with Gasteiger partial charge in [0.25, 0.3) is 0 Å². The Morgan fingerprint density at radius 1 is 1.47 bits per heavy atom. The van der Waals surface area contributed by atoms with Gasteiger partial charge in [-0.3, -0.25) is 4.79 Å². The van der Waals surface area contributed by atoms with Gasteiger partial charge < -0.3 is 14.5 Å². The topological polar surface area (TPSA) is 41.0 Å². The van der Waals surface area contributed by atoms with Crippen molar-refractivity contribution in [2.24, 2.45) is 0 Å². The van der Waals surface area contributed by atoms with Crippen LogP contribution in [0.4, 0.5) is 4.39 Å². The number of rotatable bonds is 2. The van der Waals surface area contributed by atoms with Crippen LogP contribution in [0.2, 0.25) is 0 Å². The molecule has 0 saturated carbocycles. The third-order valence-corrected chi connectivity index (χ3v) is 3.48. The van der Waals surface area contributed by atoms with E-state index < -0.39 is 6.04 Å². The first-order chi connectivity index (χ1) is 8.82. The number of amides is 1. The smallest absolute Gasteiger partial charge is 0.244 e. The number of aryl methyl sites for hydroxylation is 1. The zero-order chi connectivity index (χ0) is 14.3. The van der Waals surface area contributed by atoms with Crippen LogP contribution in [0.5, 0.6) is 0 Å². The molecule has 1 heterocycles. The number of hydrogen-bond acceptors (Lipinski definition) is 2. The Morgan fingerprint density at radius 2 is 2.11 bits per heavy atom. The minimum absolute atomic E-state index is 0.0565. The first-order valence-electron chi connectivity index (χ1n) is 5.94. The van der Waals surface area contributed by atoms with Crippen molar-refractivity contribution in [2.75, 3.05) is 14.1 Å². The Morgan fingerprint density at radius 3 is 2.68 bits per heavy atom. The number of aromatic amines is 1. The summed E-state index contributed by atoms with van der Waals surface area (Å²) in [6, 6.07) is 2.68. The van der Waals surface area contributed by atoms with Crippen molar-refractivity contribution in [2.45, 2.75) is 19.9 Å². The zero-order valence-electron chi connectivity index (χ0n) is 11.3. The molecule has 102 valence electrons. The van der Waals surface area contributed by atoms with Crippen LogP contribution in [0.25, 0.3) is 11.0 Å². The van der Waals surface area contributed by atoms with E-state index in [0.717, 1.165) is 5.52 Å². The summed E-state index contributed by atoms with van der Waals surface area (Å²) in [5, 5.41) is 0. The van der Waals surface area contributed by atoms with E-state index in [1.54, 1.807) is 38.6 Å². The molecule has 1 amide bonds. The SMILES string of the molecule is Cc1cc2c(cc1F)[nH]c(=S)n2C(C)C(=O)N(C)C. The summed E-state index contributed by atoms with van der Waals surface area (Å²) in [5.41, 5.74) is 1.87. The van der Waals surface area contributed by atoms with E-state index in [0.29, 0.717) is 15.9 Å². The zero-order valence-corrected chi connectivity index (χ0v) is 12.1. The van der Waals surface area contributed by atoms with Crippen LogP contribution in [0, 0.1) is 17.5 Å². The van der Waals surface area contributed by atoms with E-state index >= 15 is 0 Å². The van der Waals surface area contributed by atoms with Gasteiger partial charge in [-0.2, -0.15) is 0 Å². The lowest BCUT2D eigenvalue weighted by Crippen LogP contribution is -2.30. The summed E-state index contributed by atoms with van der Waals surface area (Å²) >= 11 is 5.24. The molecule has 2 aromatic rings. The number of H-pyrrole nitrogens is 1. The molecule has 2 rings (SSSR count). The van der Waals surface area contributed by atoms with E-state index in [2.05, 4.69) is 4.98 Å². The number of hydrogen-bond donors (Lipinski definition) is 1. The van der Waals surface area contributed by atoms with E-state index in [1.807, 2.05) is 0 Å². The Hall–Kier alpha value is -1.69. The van der Waals surface area contributed by atoms with Crippen LogP contribution < -0.4 is 0 Å². The summed E-state index contributed by atoms with van der Waals surface area (Å²) in [5.74, 6) is -0.346. The highest BCUT2D eigenvalue weighted by molar-refractivity contribution is 7.71. The first-order valence-corrected chi connectivity index (χ1v) is 6.35. The van der Waals surface area contributed by atoms with Gasteiger partial charge in [0.15, 0.2) is 4.77 Å². The van der Waals surface area contributed by atoms with Crippen LogP contribution >= 0.6 is 12.2 Å². The van der Waals surface area contributed by atoms with Gasteiger partial charge in [-0.05, 0) is 43.8 Å². The number of benzene rings is 1. The second-order valence-corrected chi connectivity index (χ2v) is 5.21. The van der Waals surface area contributed by atoms with E-state index in [1.165, 1.54) is 11.0 Å². The fourth-order valence-corrected chi connectivity index (χ4v) is 2.49. The molecule has 0 aliphatic rings. The Kier molecular flexibility index (Phi) is 3.45. The summed E-state index contributed by atoms with van der Waals surface area (Å²) < 4.78 is 15.7. The molecule has 19 heavy (non-hydrogen) atoms. The molecule has 1 atom stereocenters. The fraction of sp³-hybridized carbons (Fsp3) is 0.385. The fourth-order valence-electron chi connectivity index (χ4n) is 2.12. The Bertz CT molecular complexity index is 702. The molecule has 1 N–H and O–H groups in total. The second kappa shape index (κ2) is 4.77. The molecular weight excluding hydrogens is 265 g/mol. The predicted molar refractivity (Wildman–Crippen MR) is 75.2 cm³/mol. The molecule has 6 heteroatoms. The first kappa shape index (κ1) is 13.7. The van der Waals surface area contributed by atoms with Gasteiger partial charge in [-0.25, -0.2) is 4.39 Å². The summed E-state index contributed by atoms with van der Waals surface area (Å²) in [7, 11) is 3.39. The summed E-state index contributed by atoms with van der Waals surface area (Å²) in [6.07, 6.45) is 0. The van der Waals surface area contributed by atoms with Crippen molar-refractivity contribution in [3.63, 3.8) is 0 Å². The van der Waals surface area contributed by atoms with Gasteiger partial charge in [-0.1, -0.05) is 0 Å². The molecule has 0 radical (unpaired) electrons. The van der Waals surface area contributed by atoms with Crippen molar-refractivity contribution in [3.05, 3.63) is 28.3 Å². The third kappa shape index (κ3) is 2.28. The largest absolute Gasteiger partial charge is 0.347 e. The monoisotopic (exact) mass is 281 g/mol. The molecule has 1 aromatic carbocycles. The van der Waals surface area contributed by atoms with Crippen molar-refractivity contribution in [1.82, 2.24) is 14.5 Å². The molecule has 0 saturated heterocycles. The number of imidazole rings is 1. The standard InChI is InChI=1S/C13H16FN3OS/c1-7-5-11-10(6-9(7)14)15-13(19)17(11)8(2)12(18)16(3)4/h5-6,8H,1-4H3,(H,15,19). The highest BCUT2D eigenvalue weighted by Crippen LogP contribution is 2.23. The number of carbonyl (C=O) groups excluding carboxylic acids is 1. The second-order valence-electron chi connectivity index (χ2n) is 4.83. The van der Waals surface area contributed by atoms with Gasteiger partial charge in [0.1, 0.15) is 11.9 Å². The summed E-state index contributed by atoms with van der Waals surface area (Å²) in [6.45, 7) is 3.47. The maximum absolute atomic E-state index is 13.5. The van der Waals surface area contributed by atoms with Crippen molar-refractivity contribution >= 4 is 29.2 Å². The molecule has 0 aliphatic carbocycles. The van der Waals surface area contributed by atoms with E-state index in [9.17, 15) is 9.18 Å². The molecule has 4 nitrogen and oxygen atoms in total. The highest BCUT2D eigenvalue weighted by atomic mass is 32.1. The molecule has 1 aromatic heterocycles. The van der Waals surface area contributed by atoms with E-state index in [-0.39, 0.29) is 11.7 Å². The average Bonchev–Trinajstić information content (AvgIpc) is 2.63. The van der Waals surface area contributed by atoms with Gasteiger partial charge in [0.2, 0.25) is 5.91 Å². The molecule has 0 aliphatic heterocycles. The summed E-state index contributed by atoms with van der Waals surface area (Å²) in [4.78, 5) is 16.5. The molecular formula is C13H16FN3OS. The van der Waals surface area contributed by atoms with Gasteiger partial charge in [-0.15, -0.1) is 0 Å². The Balaban J connectivity index is 2.67.